The van der Waals surface area contributed by atoms with E-state index in [2.05, 4.69) is 11.0 Å². The molecule has 20 heavy (non-hydrogen) atoms. The van der Waals surface area contributed by atoms with E-state index in [1.54, 1.807) is 12.1 Å². The lowest BCUT2D eigenvalue weighted by Gasteiger charge is -2.20. The van der Waals surface area contributed by atoms with Gasteiger partial charge in [0.2, 0.25) is 0 Å². The Bertz CT molecular complexity index is 670. The van der Waals surface area contributed by atoms with Gasteiger partial charge in [-0.2, -0.15) is 0 Å². The van der Waals surface area contributed by atoms with E-state index in [1.807, 2.05) is 18.2 Å². The van der Waals surface area contributed by atoms with Crippen molar-refractivity contribution in [1.29, 1.82) is 0 Å². The number of nitrogens with zero attached hydrogens (tertiary/aromatic N) is 2. The fourth-order valence-corrected chi connectivity index (χ4v) is 2.65. The number of nitro groups is 1. The molecule has 1 aliphatic heterocycles. The van der Waals surface area contributed by atoms with E-state index in [4.69, 9.17) is 0 Å². The zero-order chi connectivity index (χ0) is 14.1. The Labute approximate surface area is 116 Å². The van der Waals surface area contributed by atoms with Crippen LogP contribution in [0.15, 0.2) is 42.5 Å². The van der Waals surface area contributed by atoms with Crippen LogP contribution in [-0.4, -0.2) is 16.6 Å². The summed E-state index contributed by atoms with van der Waals surface area (Å²) in [6.07, 6.45) is 0.960. The lowest BCUT2D eigenvalue weighted by atomic mass is 10.1. The molecule has 0 aromatic heterocycles. The molecule has 0 amide bonds. The summed E-state index contributed by atoms with van der Waals surface area (Å²) >= 11 is 0. The molecule has 0 spiro atoms. The second-order valence-corrected chi connectivity index (χ2v) is 4.76. The van der Waals surface area contributed by atoms with Crippen LogP contribution in [0.5, 0.6) is 0 Å². The fourth-order valence-electron chi connectivity index (χ4n) is 2.65. The van der Waals surface area contributed by atoms with E-state index in [0.717, 1.165) is 24.3 Å². The predicted molar refractivity (Wildman–Crippen MR) is 76.2 cm³/mol. The number of nitro benzene ring substituents is 1. The van der Waals surface area contributed by atoms with Crippen LogP contribution in [0.25, 0.3) is 0 Å². The van der Waals surface area contributed by atoms with Gasteiger partial charge in [0, 0.05) is 24.0 Å². The number of benzene rings is 2. The maximum absolute atomic E-state index is 10.9. The van der Waals surface area contributed by atoms with Crippen LogP contribution in [0.1, 0.15) is 11.1 Å². The van der Waals surface area contributed by atoms with Crippen molar-refractivity contribution in [2.45, 2.75) is 13.0 Å². The lowest BCUT2D eigenvalue weighted by Crippen LogP contribution is -2.13. The van der Waals surface area contributed by atoms with Crippen molar-refractivity contribution < 1.29 is 10.0 Å². The zero-order valence-corrected chi connectivity index (χ0v) is 10.8. The van der Waals surface area contributed by atoms with Gasteiger partial charge in [0.05, 0.1) is 17.1 Å². The van der Waals surface area contributed by atoms with Crippen LogP contribution in [-0.2, 0) is 13.0 Å². The third-order valence-corrected chi connectivity index (χ3v) is 3.63. The first-order valence-corrected chi connectivity index (χ1v) is 6.44. The second-order valence-electron chi connectivity index (χ2n) is 4.76. The van der Waals surface area contributed by atoms with Gasteiger partial charge < -0.3 is 10.0 Å². The van der Waals surface area contributed by atoms with Crippen molar-refractivity contribution >= 4 is 17.1 Å². The van der Waals surface area contributed by atoms with E-state index in [9.17, 15) is 15.2 Å². The first-order chi connectivity index (χ1) is 9.70. The largest absolute Gasteiger partial charge is 0.391 e. The Hall–Kier alpha value is -2.40. The highest BCUT2D eigenvalue weighted by Gasteiger charge is 2.22. The maximum Gasteiger partial charge on any atom is 0.275 e. The average molecular weight is 270 g/mol. The summed E-state index contributed by atoms with van der Waals surface area (Å²) in [7, 11) is 0. The molecule has 1 N–H and O–H groups in total. The average Bonchev–Trinajstić information content (AvgIpc) is 2.90. The third-order valence-electron chi connectivity index (χ3n) is 3.63. The number of para-hydroxylation sites is 1. The monoisotopic (exact) mass is 270 g/mol. The smallest absolute Gasteiger partial charge is 0.275 e. The number of rotatable bonds is 3. The summed E-state index contributed by atoms with van der Waals surface area (Å²) in [6, 6.07) is 13.0. The predicted octanol–water partition coefficient (Wildman–Crippen LogP) is 2.78. The Morgan fingerprint density at radius 3 is 2.80 bits per heavy atom. The second kappa shape index (κ2) is 4.94. The quantitative estimate of drug-likeness (QED) is 0.688. The molecule has 5 heteroatoms. The van der Waals surface area contributed by atoms with Gasteiger partial charge >= 0.3 is 0 Å². The van der Waals surface area contributed by atoms with Crippen LogP contribution in [0.4, 0.5) is 17.1 Å². The molecule has 0 atom stereocenters. The summed E-state index contributed by atoms with van der Waals surface area (Å²) in [5.41, 5.74) is 3.59. The Morgan fingerprint density at radius 2 is 2.05 bits per heavy atom. The molecule has 2 aromatic rings. The minimum atomic E-state index is -0.465. The van der Waals surface area contributed by atoms with E-state index in [0.29, 0.717) is 5.56 Å². The third kappa shape index (κ3) is 2.02. The molecule has 5 nitrogen and oxygen atoms in total. The number of hydrogen-bond acceptors (Lipinski definition) is 4. The van der Waals surface area contributed by atoms with E-state index in [1.165, 1.54) is 11.6 Å². The minimum Gasteiger partial charge on any atom is -0.391 e. The van der Waals surface area contributed by atoms with Crippen molar-refractivity contribution in [1.82, 2.24) is 0 Å². The standard InChI is InChI=1S/C15H14N2O3/c18-10-12-9-13(5-6-15(12)17(19)20)16-8-7-11-3-1-2-4-14(11)16/h1-6,9,18H,7-8,10H2. The van der Waals surface area contributed by atoms with Gasteiger partial charge in [-0.25, -0.2) is 0 Å². The highest BCUT2D eigenvalue weighted by molar-refractivity contribution is 5.71. The van der Waals surface area contributed by atoms with Crippen LogP contribution in [0, 0.1) is 10.1 Å². The first-order valence-electron chi connectivity index (χ1n) is 6.44. The Morgan fingerprint density at radius 1 is 1.25 bits per heavy atom. The molecule has 102 valence electrons. The first kappa shape index (κ1) is 12.6. The van der Waals surface area contributed by atoms with Gasteiger partial charge in [0.1, 0.15) is 0 Å². The van der Waals surface area contributed by atoms with Gasteiger partial charge in [0.15, 0.2) is 0 Å². The highest BCUT2D eigenvalue weighted by atomic mass is 16.6. The van der Waals surface area contributed by atoms with Gasteiger partial charge in [-0.05, 0) is 30.2 Å². The summed E-state index contributed by atoms with van der Waals surface area (Å²) < 4.78 is 0. The van der Waals surface area contributed by atoms with Crippen LogP contribution in [0.2, 0.25) is 0 Å². The van der Waals surface area contributed by atoms with E-state index >= 15 is 0 Å². The van der Waals surface area contributed by atoms with Crippen molar-refractivity contribution in [2.75, 3.05) is 11.4 Å². The van der Waals surface area contributed by atoms with Crippen molar-refractivity contribution in [3.8, 4) is 0 Å². The number of aliphatic hydroxyl groups excluding tert-OH is 1. The van der Waals surface area contributed by atoms with Gasteiger partial charge in [-0.1, -0.05) is 18.2 Å². The summed E-state index contributed by atoms with van der Waals surface area (Å²) in [5, 5.41) is 20.2. The molecule has 0 bridgehead atoms. The van der Waals surface area contributed by atoms with Crippen LogP contribution in [0.3, 0.4) is 0 Å². The molecule has 0 saturated carbocycles. The zero-order valence-electron chi connectivity index (χ0n) is 10.8. The van der Waals surface area contributed by atoms with Crippen LogP contribution < -0.4 is 4.90 Å². The number of fused-ring (bicyclic) bond motifs is 1. The molecule has 3 rings (SSSR count). The van der Waals surface area contributed by atoms with Gasteiger partial charge in [0.25, 0.3) is 5.69 Å². The molecular formula is C15H14N2O3. The topological polar surface area (TPSA) is 66.6 Å². The molecule has 0 fully saturated rings. The normalized spacial score (nSPS) is 13.3. The molecule has 0 unspecified atom stereocenters. The Balaban J connectivity index is 2.02. The molecule has 1 aliphatic rings. The molecule has 0 radical (unpaired) electrons. The minimum absolute atomic E-state index is 0.0382. The number of aliphatic hydroxyl groups is 1. The molecular weight excluding hydrogens is 256 g/mol. The fraction of sp³-hybridized carbons (Fsp3) is 0.200. The summed E-state index contributed by atoms with van der Waals surface area (Å²) in [4.78, 5) is 12.6. The lowest BCUT2D eigenvalue weighted by molar-refractivity contribution is -0.385. The van der Waals surface area contributed by atoms with Crippen molar-refractivity contribution in [3.63, 3.8) is 0 Å². The highest BCUT2D eigenvalue weighted by Crippen LogP contribution is 2.36. The molecule has 0 saturated heterocycles. The van der Waals surface area contributed by atoms with E-state index < -0.39 is 4.92 Å². The number of hydrogen-bond donors (Lipinski definition) is 1. The SMILES string of the molecule is O=[N+]([O-])c1ccc(N2CCc3ccccc32)cc1CO. The Kier molecular flexibility index (Phi) is 3.12. The van der Waals surface area contributed by atoms with Gasteiger partial charge in [-0.3, -0.25) is 10.1 Å². The summed E-state index contributed by atoms with van der Waals surface area (Å²) in [5.74, 6) is 0. The number of anilines is 2. The molecule has 0 aliphatic carbocycles. The maximum atomic E-state index is 10.9. The molecule has 2 aromatic carbocycles. The molecule has 1 heterocycles. The van der Waals surface area contributed by atoms with Crippen molar-refractivity contribution in [3.05, 3.63) is 63.7 Å². The summed E-state index contributed by atoms with van der Waals surface area (Å²) in [6.45, 7) is 0.516. The van der Waals surface area contributed by atoms with Crippen molar-refractivity contribution in [2.24, 2.45) is 0 Å². The van der Waals surface area contributed by atoms with Gasteiger partial charge in [-0.15, -0.1) is 0 Å². The van der Waals surface area contributed by atoms with Crippen LogP contribution >= 0.6 is 0 Å². The van der Waals surface area contributed by atoms with E-state index in [-0.39, 0.29) is 12.3 Å².